The largest absolute Gasteiger partial charge is 0.0908 e. The maximum absolute atomic E-state index is 2.17. The highest BCUT2D eigenvalue weighted by Crippen LogP contribution is 2.08. The molecule has 8 heavy (non-hydrogen) atoms. The van der Waals surface area contributed by atoms with Gasteiger partial charge in [-0.25, -0.2) is 0 Å². The van der Waals surface area contributed by atoms with Crippen LogP contribution in [-0.4, -0.2) is 0 Å². The van der Waals surface area contributed by atoms with Gasteiger partial charge in [-0.3, -0.25) is 0 Å². The van der Waals surface area contributed by atoms with Gasteiger partial charge in [0.1, 0.15) is 0 Å². The van der Waals surface area contributed by atoms with Crippen molar-refractivity contribution in [1.29, 1.82) is 0 Å². The first-order valence-corrected chi connectivity index (χ1v) is 2.91. The lowest BCUT2D eigenvalue weighted by Gasteiger charge is -1.90. The van der Waals surface area contributed by atoms with E-state index >= 15 is 0 Å². The van der Waals surface area contributed by atoms with E-state index in [1.807, 2.05) is 6.92 Å². The van der Waals surface area contributed by atoms with Crippen molar-refractivity contribution in [3.05, 3.63) is 36.5 Å². The second kappa shape index (κ2) is 2.51. The van der Waals surface area contributed by atoms with Crippen molar-refractivity contribution < 1.29 is 0 Å². The minimum absolute atomic E-state index is 0.569. The van der Waals surface area contributed by atoms with Gasteiger partial charge in [0.25, 0.3) is 0 Å². The summed E-state index contributed by atoms with van der Waals surface area (Å²) in [7, 11) is 0. The third kappa shape index (κ3) is 1.09. The Balaban J connectivity index is 2.49. The molecule has 0 aliphatic heterocycles. The summed E-state index contributed by atoms with van der Waals surface area (Å²) < 4.78 is 0. The Hall–Kier alpha value is -0.780. The van der Waals surface area contributed by atoms with Gasteiger partial charge in [0.15, 0.2) is 0 Å². The SMILES string of the molecule is CC=CC1C=CC=C1. The van der Waals surface area contributed by atoms with Crippen LogP contribution in [0.25, 0.3) is 0 Å². The molecule has 0 heterocycles. The molecule has 0 nitrogen and oxygen atoms in total. The van der Waals surface area contributed by atoms with Crippen LogP contribution >= 0.6 is 0 Å². The van der Waals surface area contributed by atoms with Gasteiger partial charge in [0.2, 0.25) is 0 Å². The van der Waals surface area contributed by atoms with Gasteiger partial charge in [-0.2, -0.15) is 0 Å². The molecule has 0 heteroatoms. The fraction of sp³-hybridized carbons (Fsp3) is 0.250. The molecule has 0 N–H and O–H groups in total. The van der Waals surface area contributed by atoms with E-state index in [4.69, 9.17) is 0 Å². The number of hydrogen-bond acceptors (Lipinski definition) is 0. The van der Waals surface area contributed by atoms with Crippen LogP contribution in [0.3, 0.4) is 0 Å². The zero-order valence-corrected chi connectivity index (χ0v) is 5.04. The third-order valence-corrected chi connectivity index (χ3v) is 1.19. The molecule has 0 amide bonds. The van der Waals surface area contributed by atoms with E-state index in [1.54, 1.807) is 0 Å². The summed E-state index contributed by atoms with van der Waals surface area (Å²) in [5.74, 6) is 0.569. The summed E-state index contributed by atoms with van der Waals surface area (Å²) in [5, 5.41) is 0. The average Bonchev–Trinajstić information content (AvgIpc) is 2.19. The predicted molar refractivity (Wildman–Crippen MR) is 36.6 cm³/mol. The Morgan fingerprint density at radius 1 is 1.25 bits per heavy atom. The van der Waals surface area contributed by atoms with E-state index < -0.39 is 0 Å². The highest BCUT2D eigenvalue weighted by molar-refractivity contribution is 5.22. The summed E-state index contributed by atoms with van der Waals surface area (Å²) in [6.45, 7) is 2.04. The number of allylic oxidation sites excluding steroid dienone is 6. The zero-order valence-electron chi connectivity index (χ0n) is 5.04. The first-order chi connectivity index (χ1) is 3.93. The second-order valence-corrected chi connectivity index (χ2v) is 1.87. The van der Waals surface area contributed by atoms with Crippen molar-refractivity contribution in [3.8, 4) is 0 Å². The quantitative estimate of drug-likeness (QED) is 0.450. The topological polar surface area (TPSA) is 0 Å². The predicted octanol–water partition coefficient (Wildman–Crippen LogP) is 2.30. The minimum atomic E-state index is 0.569. The Bertz CT molecular complexity index is 126. The van der Waals surface area contributed by atoms with Crippen LogP contribution in [0.2, 0.25) is 0 Å². The van der Waals surface area contributed by atoms with E-state index in [0.717, 1.165) is 0 Å². The summed E-state index contributed by atoms with van der Waals surface area (Å²) in [5.41, 5.74) is 0. The van der Waals surface area contributed by atoms with Crippen molar-refractivity contribution in [2.24, 2.45) is 5.92 Å². The van der Waals surface area contributed by atoms with Gasteiger partial charge < -0.3 is 0 Å². The number of hydrogen-bond donors (Lipinski definition) is 0. The molecule has 0 aromatic rings. The van der Waals surface area contributed by atoms with Gasteiger partial charge in [-0.15, -0.1) is 0 Å². The summed E-state index contributed by atoms with van der Waals surface area (Å²) in [6, 6.07) is 0. The lowest BCUT2D eigenvalue weighted by molar-refractivity contribution is 1.09. The van der Waals surface area contributed by atoms with E-state index in [0.29, 0.717) is 5.92 Å². The molecule has 0 spiro atoms. The average molecular weight is 106 g/mol. The van der Waals surface area contributed by atoms with Crippen molar-refractivity contribution >= 4 is 0 Å². The molecule has 1 rings (SSSR count). The molecular formula is C8H10. The van der Waals surface area contributed by atoms with Crippen LogP contribution in [0.15, 0.2) is 36.5 Å². The Kier molecular flexibility index (Phi) is 1.68. The van der Waals surface area contributed by atoms with E-state index in [-0.39, 0.29) is 0 Å². The van der Waals surface area contributed by atoms with Gasteiger partial charge in [0, 0.05) is 5.92 Å². The van der Waals surface area contributed by atoms with Crippen LogP contribution in [0.5, 0.6) is 0 Å². The van der Waals surface area contributed by atoms with Crippen LogP contribution in [0.4, 0.5) is 0 Å². The Morgan fingerprint density at radius 2 is 1.88 bits per heavy atom. The summed E-state index contributed by atoms with van der Waals surface area (Å²) in [4.78, 5) is 0. The molecule has 42 valence electrons. The molecule has 0 saturated carbocycles. The third-order valence-electron chi connectivity index (χ3n) is 1.19. The molecular weight excluding hydrogens is 96.1 g/mol. The monoisotopic (exact) mass is 106 g/mol. The van der Waals surface area contributed by atoms with Crippen molar-refractivity contribution in [3.63, 3.8) is 0 Å². The second-order valence-electron chi connectivity index (χ2n) is 1.87. The summed E-state index contributed by atoms with van der Waals surface area (Å²) >= 11 is 0. The maximum atomic E-state index is 2.17. The molecule has 0 bridgehead atoms. The Labute approximate surface area is 50.2 Å². The van der Waals surface area contributed by atoms with Gasteiger partial charge in [-0.05, 0) is 6.92 Å². The normalized spacial score (nSPS) is 19.1. The molecule has 0 aromatic heterocycles. The molecule has 0 fully saturated rings. The first-order valence-electron chi connectivity index (χ1n) is 2.91. The summed E-state index contributed by atoms with van der Waals surface area (Å²) in [6.07, 6.45) is 12.7. The molecule has 0 aromatic carbocycles. The highest BCUT2D eigenvalue weighted by Gasteiger charge is 1.94. The highest BCUT2D eigenvalue weighted by atomic mass is 14.0. The van der Waals surface area contributed by atoms with Gasteiger partial charge in [0.05, 0.1) is 0 Å². The zero-order chi connectivity index (χ0) is 5.82. The molecule has 0 unspecified atom stereocenters. The van der Waals surface area contributed by atoms with Crippen LogP contribution in [0, 0.1) is 5.92 Å². The lowest BCUT2D eigenvalue weighted by atomic mass is 10.2. The van der Waals surface area contributed by atoms with E-state index in [1.165, 1.54) is 0 Å². The van der Waals surface area contributed by atoms with Crippen molar-refractivity contribution in [2.45, 2.75) is 6.92 Å². The molecule has 0 atom stereocenters. The number of rotatable bonds is 1. The van der Waals surface area contributed by atoms with Crippen LogP contribution in [0.1, 0.15) is 6.92 Å². The lowest BCUT2D eigenvalue weighted by Crippen LogP contribution is -1.77. The maximum Gasteiger partial charge on any atom is 0.0133 e. The first kappa shape index (κ1) is 5.36. The standard InChI is InChI=1S/C8H10/c1-2-5-8-6-3-4-7-8/h2-8H,1H3. The molecule has 0 saturated heterocycles. The van der Waals surface area contributed by atoms with Crippen LogP contribution in [-0.2, 0) is 0 Å². The van der Waals surface area contributed by atoms with Gasteiger partial charge >= 0.3 is 0 Å². The fourth-order valence-corrected chi connectivity index (χ4v) is 0.800. The van der Waals surface area contributed by atoms with Crippen molar-refractivity contribution in [1.82, 2.24) is 0 Å². The van der Waals surface area contributed by atoms with Gasteiger partial charge in [-0.1, -0.05) is 36.5 Å². The molecule has 1 aliphatic rings. The molecule has 1 aliphatic carbocycles. The molecule has 0 radical (unpaired) electrons. The fourth-order valence-electron chi connectivity index (χ4n) is 0.800. The smallest absolute Gasteiger partial charge is 0.0133 e. The van der Waals surface area contributed by atoms with Crippen molar-refractivity contribution in [2.75, 3.05) is 0 Å². The van der Waals surface area contributed by atoms with E-state index in [9.17, 15) is 0 Å². The van der Waals surface area contributed by atoms with E-state index in [2.05, 4.69) is 36.5 Å². The Morgan fingerprint density at radius 3 is 2.38 bits per heavy atom. The minimum Gasteiger partial charge on any atom is -0.0908 e. The van der Waals surface area contributed by atoms with Crippen LogP contribution < -0.4 is 0 Å².